The predicted molar refractivity (Wildman–Crippen MR) is 131 cm³/mol. The molecule has 2 saturated heterocycles. The summed E-state index contributed by atoms with van der Waals surface area (Å²) in [5.41, 5.74) is 2.08. The van der Waals surface area contributed by atoms with Crippen LogP contribution in [0.5, 0.6) is 5.75 Å². The Kier molecular flexibility index (Phi) is 7.29. The van der Waals surface area contributed by atoms with Crippen molar-refractivity contribution in [3.8, 4) is 5.75 Å². The van der Waals surface area contributed by atoms with Gasteiger partial charge in [-0.1, -0.05) is 6.92 Å². The number of anilines is 2. The third-order valence-corrected chi connectivity index (χ3v) is 6.94. The number of ether oxygens (including phenoxy) is 2. The Hall–Kier alpha value is -2.51. The van der Waals surface area contributed by atoms with Crippen LogP contribution >= 0.6 is 0 Å². The Bertz CT molecular complexity index is 941. The van der Waals surface area contributed by atoms with E-state index in [-0.39, 0.29) is 5.91 Å². The number of methoxy groups -OCH3 is 1. The fourth-order valence-corrected chi connectivity index (χ4v) is 5.09. The van der Waals surface area contributed by atoms with Crippen LogP contribution in [0.3, 0.4) is 0 Å². The van der Waals surface area contributed by atoms with Gasteiger partial charge in [0.25, 0.3) is 5.91 Å². The normalized spacial score (nSPS) is 19.0. The lowest BCUT2D eigenvalue weighted by Crippen LogP contribution is -2.43. The van der Waals surface area contributed by atoms with E-state index in [1.807, 2.05) is 24.3 Å². The van der Waals surface area contributed by atoms with Crippen LogP contribution in [0.2, 0.25) is 0 Å². The molecule has 1 aromatic heterocycles. The number of benzene rings is 1. The van der Waals surface area contributed by atoms with E-state index < -0.39 is 0 Å². The van der Waals surface area contributed by atoms with E-state index >= 15 is 0 Å². The molecule has 0 radical (unpaired) electrons. The number of hydrogen-bond donors (Lipinski definition) is 1. The van der Waals surface area contributed by atoms with Crippen LogP contribution in [0.4, 0.5) is 11.4 Å². The largest absolute Gasteiger partial charge is 0.497 e. The highest BCUT2D eigenvalue weighted by molar-refractivity contribution is 6.04. The molecule has 180 valence electrons. The summed E-state index contributed by atoms with van der Waals surface area (Å²) in [6, 6.07) is 9.58. The van der Waals surface area contributed by atoms with Crippen molar-refractivity contribution in [2.45, 2.75) is 38.5 Å². The Labute approximate surface area is 197 Å². The fourth-order valence-electron chi connectivity index (χ4n) is 5.09. The molecule has 2 fully saturated rings. The summed E-state index contributed by atoms with van der Waals surface area (Å²) in [5, 5.41) is 3.08. The Morgan fingerprint density at radius 3 is 2.58 bits per heavy atom. The Morgan fingerprint density at radius 2 is 1.91 bits per heavy atom. The van der Waals surface area contributed by atoms with E-state index in [4.69, 9.17) is 13.9 Å². The molecule has 0 atom stereocenters. The van der Waals surface area contributed by atoms with Crippen LogP contribution in [0, 0.1) is 5.41 Å². The van der Waals surface area contributed by atoms with Gasteiger partial charge in [0.15, 0.2) is 5.76 Å². The van der Waals surface area contributed by atoms with Crippen molar-refractivity contribution in [2.75, 3.05) is 64.3 Å². The van der Waals surface area contributed by atoms with E-state index in [1.54, 1.807) is 13.2 Å². The van der Waals surface area contributed by atoms with E-state index in [2.05, 4.69) is 36.1 Å². The molecular weight excluding hydrogens is 418 g/mol. The molecule has 2 aromatic rings. The van der Waals surface area contributed by atoms with Crippen molar-refractivity contribution >= 4 is 17.3 Å². The maximum absolute atomic E-state index is 13.1. The average molecular weight is 456 g/mol. The molecule has 0 bridgehead atoms. The van der Waals surface area contributed by atoms with Crippen LogP contribution in [0.25, 0.3) is 0 Å². The molecule has 0 spiro atoms. The molecule has 7 heteroatoms. The summed E-state index contributed by atoms with van der Waals surface area (Å²) in [5.74, 6) is 1.99. The highest BCUT2D eigenvalue weighted by atomic mass is 16.5. The SMILES string of the molecule is COc1ccc(N2CCC(C)(CN(C)C)CC2)c(NC(=O)c2ccc(C3CCOCC3)o2)c1. The van der Waals surface area contributed by atoms with Crippen molar-refractivity contribution in [1.82, 2.24) is 4.90 Å². The second-order valence-corrected chi connectivity index (χ2v) is 9.96. The number of piperidine rings is 1. The van der Waals surface area contributed by atoms with Gasteiger partial charge < -0.3 is 29.0 Å². The number of rotatable bonds is 7. The summed E-state index contributed by atoms with van der Waals surface area (Å²) in [4.78, 5) is 17.7. The third kappa shape index (κ3) is 5.71. The van der Waals surface area contributed by atoms with Gasteiger partial charge in [0.1, 0.15) is 11.5 Å². The molecular formula is C26H37N3O4. The monoisotopic (exact) mass is 455 g/mol. The van der Waals surface area contributed by atoms with E-state index in [9.17, 15) is 4.79 Å². The maximum Gasteiger partial charge on any atom is 0.291 e. The molecule has 1 aromatic carbocycles. The molecule has 1 N–H and O–H groups in total. The lowest BCUT2D eigenvalue weighted by Gasteiger charge is -2.42. The van der Waals surface area contributed by atoms with Gasteiger partial charge >= 0.3 is 0 Å². The van der Waals surface area contributed by atoms with Crippen LogP contribution in [0.15, 0.2) is 34.7 Å². The lowest BCUT2D eigenvalue weighted by molar-refractivity contribution is 0.0799. The molecule has 2 aliphatic heterocycles. The fraction of sp³-hybridized carbons (Fsp3) is 0.577. The zero-order valence-electron chi connectivity index (χ0n) is 20.4. The molecule has 33 heavy (non-hydrogen) atoms. The number of nitrogens with one attached hydrogen (secondary N) is 1. The summed E-state index contributed by atoms with van der Waals surface area (Å²) in [7, 11) is 5.91. The second-order valence-electron chi connectivity index (χ2n) is 9.96. The summed E-state index contributed by atoms with van der Waals surface area (Å²) >= 11 is 0. The predicted octanol–water partition coefficient (Wildman–Crippen LogP) is 4.60. The number of amides is 1. The van der Waals surface area contributed by atoms with Gasteiger partial charge in [-0.3, -0.25) is 4.79 Å². The standard InChI is InChI=1S/C26H37N3O4/c1-26(18-28(2)3)11-13-29(14-12-26)22-6-5-20(31-4)17-21(22)27-25(30)24-8-7-23(33-24)19-9-15-32-16-10-19/h5-8,17,19H,9-16,18H2,1-4H3,(H,27,30). The lowest BCUT2D eigenvalue weighted by atomic mass is 9.80. The molecule has 2 aliphatic rings. The number of nitrogens with zero attached hydrogens (tertiary/aromatic N) is 2. The Morgan fingerprint density at radius 1 is 1.18 bits per heavy atom. The number of carbonyl (C=O) groups is 1. The van der Waals surface area contributed by atoms with Gasteiger partial charge in [0.05, 0.1) is 18.5 Å². The van der Waals surface area contributed by atoms with Crippen LogP contribution in [-0.2, 0) is 4.74 Å². The van der Waals surface area contributed by atoms with E-state index in [0.717, 1.165) is 75.7 Å². The topological polar surface area (TPSA) is 67.2 Å². The average Bonchev–Trinajstić information content (AvgIpc) is 3.30. The smallest absolute Gasteiger partial charge is 0.291 e. The zero-order valence-corrected chi connectivity index (χ0v) is 20.4. The third-order valence-electron chi connectivity index (χ3n) is 6.94. The van der Waals surface area contributed by atoms with Gasteiger partial charge in [0, 0.05) is 44.8 Å². The van der Waals surface area contributed by atoms with Gasteiger partial charge in [-0.15, -0.1) is 0 Å². The quantitative estimate of drug-likeness (QED) is 0.658. The molecule has 7 nitrogen and oxygen atoms in total. The number of carbonyl (C=O) groups excluding carboxylic acids is 1. The highest BCUT2D eigenvalue weighted by Gasteiger charge is 2.31. The summed E-state index contributed by atoms with van der Waals surface area (Å²) in [6.07, 6.45) is 4.07. The minimum Gasteiger partial charge on any atom is -0.497 e. The summed E-state index contributed by atoms with van der Waals surface area (Å²) < 4.78 is 16.8. The minimum absolute atomic E-state index is 0.239. The first kappa shape index (κ1) is 23.6. The van der Waals surface area contributed by atoms with Crippen LogP contribution < -0.4 is 15.0 Å². The van der Waals surface area contributed by atoms with E-state index in [1.165, 1.54) is 0 Å². The van der Waals surface area contributed by atoms with Gasteiger partial charge in [-0.25, -0.2) is 0 Å². The highest BCUT2D eigenvalue weighted by Crippen LogP contribution is 2.38. The first-order valence-electron chi connectivity index (χ1n) is 11.9. The maximum atomic E-state index is 13.1. The molecule has 0 aliphatic carbocycles. The van der Waals surface area contributed by atoms with Crippen molar-refractivity contribution in [2.24, 2.45) is 5.41 Å². The zero-order chi connectivity index (χ0) is 23.4. The number of hydrogen-bond acceptors (Lipinski definition) is 6. The van der Waals surface area contributed by atoms with Crippen LogP contribution in [0.1, 0.15) is 54.8 Å². The van der Waals surface area contributed by atoms with Crippen LogP contribution in [-0.4, -0.2) is 64.9 Å². The Balaban J connectivity index is 1.48. The van der Waals surface area contributed by atoms with Gasteiger partial charge in [-0.05, 0) is 69.5 Å². The molecule has 0 unspecified atom stereocenters. The van der Waals surface area contributed by atoms with Crippen molar-refractivity contribution in [3.05, 3.63) is 41.9 Å². The molecule has 3 heterocycles. The van der Waals surface area contributed by atoms with Crippen molar-refractivity contribution in [3.63, 3.8) is 0 Å². The molecule has 1 amide bonds. The number of furan rings is 1. The first-order chi connectivity index (χ1) is 15.9. The van der Waals surface area contributed by atoms with Gasteiger partial charge in [-0.2, -0.15) is 0 Å². The van der Waals surface area contributed by atoms with E-state index in [0.29, 0.717) is 22.8 Å². The molecule has 0 saturated carbocycles. The molecule has 4 rings (SSSR count). The van der Waals surface area contributed by atoms with Gasteiger partial charge in [0.2, 0.25) is 0 Å². The van der Waals surface area contributed by atoms with Crippen molar-refractivity contribution in [1.29, 1.82) is 0 Å². The summed E-state index contributed by atoms with van der Waals surface area (Å²) in [6.45, 7) is 6.84. The van der Waals surface area contributed by atoms with Crippen molar-refractivity contribution < 1.29 is 18.7 Å². The second kappa shape index (κ2) is 10.2. The first-order valence-corrected chi connectivity index (χ1v) is 11.9. The minimum atomic E-state index is -0.239.